The summed E-state index contributed by atoms with van der Waals surface area (Å²) in [5.74, 6) is 0.784. The Bertz CT molecular complexity index is 246. The van der Waals surface area contributed by atoms with Crippen molar-refractivity contribution in [1.29, 1.82) is 0 Å². The minimum atomic E-state index is 0.784. The van der Waals surface area contributed by atoms with Crippen molar-refractivity contribution in [3.63, 3.8) is 0 Å². The van der Waals surface area contributed by atoms with Crippen molar-refractivity contribution in [3.05, 3.63) is 0 Å². The molecule has 0 aromatic rings. The molecule has 2 heteroatoms. The van der Waals surface area contributed by atoms with Crippen molar-refractivity contribution in [2.45, 2.75) is 71.6 Å². The van der Waals surface area contributed by atoms with Crippen LogP contribution in [-0.2, 0) is 0 Å². The Morgan fingerprint density at radius 1 is 0.950 bits per heavy atom. The van der Waals surface area contributed by atoms with E-state index >= 15 is 0 Å². The molecule has 0 amide bonds. The second kappa shape index (κ2) is 8.38. The molecule has 1 spiro atoms. The summed E-state index contributed by atoms with van der Waals surface area (Å²) >= 11 is 0. The Hall–Kier alpha value is -0.0800. The fraction of sp³-hybridized carbons (Fsp3) is 1.00. The smallest absolute Gasteiger partial charge is 0.00134 e. The van der Waals surface area contributed by atoms with Gasteiger partial charge in [0.25, 0.3) is 0 Å². The second-order valence-electron chi connectivity index (χ2n) is 7.71. The first-order valence-corrected chi connectivity index (χ1v) is 9.13. The van der Waals surface area contributed by atoms with E-state index in [0.717, 1.165) is 11.3 Å². The lowest BCUT2D eigenvalue weighted by molar-refractivity contribution is 0.107. The molecular weight excluding hydrogens is 244 g/mol. The number of hydrogen-bond acceptors (Lipinski definition) is 2. The normalized spacial score (nSPS) is 22.9. The molecule has 0 aromatic heterocycles. The maximum atomic E-state index is 3.54. The summed E-state index contributed by atoms with van der Waals surface area (Å²) in [7, 11) is 0. The van der Waals surface area contributed by atoms with Gasteiger partial charge < -0.3 is 10.2 Å². The highest BCUT2D eigenvalue weighted by molar-refractivity contribution is 4.89. The Labute approximate surface area is 126 Å². The van der Waals surface area contributed by atoms with Crippen LogP contribution in [0.25, 0.3) is 0 Å². The van der Waals surface area contributed by atoms with E-state index in [1.54, 1.807) is 0 Å². The van der Waals surface area contributed by atoms with Crippen LogP contribution in [0.1, 0.15) is 71.6 Å². The van der Waals surface area contributed by atoms with Gasteiger partial charge in [-0.05, 0) is 82.6 Å². The number of unbranched alkanes of at least 4 members (excludes halogenated alkanes) is 2. The van der Waals surface area contributed by atoms with Gasteiger partial charge in [0.2, 0.25) is 0 Å². The lowest BCUT2D eigenvalue weighted by atomic mass is 9.77. The summed E-state index contributed by atoms with van der Waals surface area (Å²) in [4.78, 5) is 2.73. The molecule has 0 bridgehead atoms. The number of rotatable bonds is 8. The number of likely N-dealkylation sites (tertiary alicyclic amines) is 1. The van der Waals surface area contributed by atoms with Crippen LogP contribution in [0.15, 0.2) is 0 Å². The van der Waals surface area contributed by atoms with Gasteiger partial charge in [0, 0.05) is 0 Å². The van der Waals surface area contributed by atoms with Crippen LogP contribution < -0.4 is 5.32 Å². The van der Waals surface area contributed by atoms with Crippen molar-refractivity contribution < 1.29 is 0 Å². The Morgan fingerprint density at radius 2 is 1.65 bits per heavy atom. The molecule has 1 heterocycles. The SMILES string of the molecule is CC(C)CNCCCCCN1CCC2(CCCC2)CC1. The summed E-state index contributed by atoms with van der Waals surface area (Å²) < 4.78 is 0. The molecule has 2 aliphatic rings. The highest BCUT2D eigenvalue weighted by Crippen LogP contribution is 2.46. The molecule has 1 N–H and O–H groups in total. The average molecular weight is 280 g/mol. The van der Waals surface area contributed by atoms with Gasteiger partial charge in [-0.25, -0.2) is 0 Å². The maximum Gasteiger partial charge on any atom is -0.00134 e. The van der Waals surface area contributed by atoms with E-state index in [9.17, 15) is 0 Å². The third kappa shape index (κ3) is 5.37. The number of nitrogens with zero attached hydrogens (tertiary/aromatic N) is 1. The minimum absolute atomic E-state index is 0.784. The zero-order chi connectivity index (χ0) is 14.3. The predicted octanol–water partition coefficient (Wildman–Crippen LogP) is 4.06. The molecule has 2 rings (SSSR count). The number of hydrogen-bond donors (Lipinski definition) is 1. The van der Waals surface area contributed by atoms with Crippen LogP contribution in [0.3, 0.4) is 0 Å². The van der Waals surface area contributed by atoms with E-state index in [1.165, 1.54) is 90.5 Å². The average Bonchev–Trinajstić information content (AvgIpc) is 2.88. The molecular formula is C18H36N2. The summed E-state index contributed by atoms with van der Waals surface area (Å²) in [5.41, 5.74) is 0.789. The molecule has 2 nitrogen and oxygen atoms in total. The van der Waals surface area contributed by atoms with Gasteiger partial charge in [-0.3, -0.25) is 0 Å². The molecule has 0 atom stereocenters. The lowest BCUT2D eigenvalue weighted by Gasteiger charge is -2.39. The van der Waals surface area contributed by atoms with Gasteiger partial charge in [-0.15, -0.1) is 0 Å². The molecule has 0 aromatic carbocycles. The molecule has 0 unspecified atom stereocenters. The standard InChI is InChI=1S/C18H36N2/c1-17(2)16-19-12-6-3-7-13-20-14-10-18(11-15-20)8-4-5-9-18/h17,19H,3-16H2,1-2H3. The largest absolute Gasteiger partial charge is 0.316 e. The van der Waals surface area contributed by atoms with Crippen LogP contribution in [0, 0.1) is 11.3 Å². The summed E-state index contributed by atoms with van der Waals surface area (Å²) in [6.45, 7) is 11.0. The summed E-state index contributed by atoms with van der Waals surface area (Å²) in [6, 6.07) is 0. The molecule has 1 saturated carbocycles. The van der Waals surface area contributed by atoms with Crippen LogP contribution in [0.2, 0.25) is 0 Å². The first-order valence-electron chi connectivity index (χ1n) is 9.13. The number of piperidine rings is 1. The molecule has 1 aliphatic carbocycles. The van der Waals surface area contributed by atoms with Gasteiger partial charge in [-0.2, -0.15) is 0 Å². The van der Waals surface area contributed by atoms with Crippen LogP contribution in [0.4, 0.5) is 0 Å². The van der Waals surface area contributed by atoms with Crippen molar-refractivity contribution >= 4 is 0 Å². The quantitative estimate of drug-likeness (QED) is 0.675. The third-order valence-electron chi connectivity index (χ3n) is 5.46. The van der Waals surface area contributed by atoms with Crippen molar-refractivity contribution in [2.75, 3.05) is 32.7 Å². The van der Waals surface area contributed by atoms with Crippen molar-refractivity contribution in [1.82, 2.24) is 10.2 Å². The molecule has 2 fully saturated rings. The molecule has 1 aliphatic heterocycles. The van der Waals surface area contributed by atoms with Gasteiger partial charge in [0.1, 0.15) is 0 Å². The summed E-state index contributed by atoms with van der Waals surface area (Å²) in [6.07, 6.45) is 13.2. The van der Waals surface area contributed by atoms with Crippen LogP contribution in [0.5, 0.6) is 0 Å². The van der Waals surface area contributed by atoms with Gasteiger partial charge in [-0.1, -0.05) is 33.1 Å². The predicted molar refractivity (Wildman–Crippen MR) is 88.1 cm³/mol. The first kappa shape index (κ1) is 16.3. The topological polar surface area (TPSA) is 15.3 Å². The van der Waals surface area contributed by atoms with E-state index < -0.39 is 0 Å². The van der Waals surface area contributed by atoms with Crippen molar-refractivity contribution in [3.8, 4) is 0 Å². The summed E-state index contributed by atoms with van der Waals surface area (Å²) in [5, 5.41) is 3.54. The molecule has 20 heavy (non-hydrogen) atoms. The van der Waals surface area contributed by atoms with E-state index in [1.807, 2.05) is 0 Å². The second-order valence-corrected chi connectivity index (χ2v) is 7.71. The molecule has 0 radical (unpaired) electrons. The zero-order valence-corrected chi connectivity index (χ0v) is 13.9. The van der Waals surface area contributed by atoms with Crippen LogP contribution >= 0.6 is 0 Å². The first-order chi connectivity index (χ1) is 9.70. The van der Waals surface area contributed by atoms with Crippen molar-refractivity contribution in [2.24, 2.45) is 11.3 Å². The Kier molecular flexibility index (Phi) is 6.83. The maximum absolute atomic E-state index is 3.54. The van der Waals surface area contributed by atoms with E-state index in [2.05, 4.69) is 24.1 Å². The van der Waals surface area contributed by atoms with Gasteiger partial charge in [0.05, 0.1) is 0 Å². The van der Waals surface area contributed by atoms with E-state index in [-0.39, 0.29) is 0 Å². The Morgan fingerprint density at radius 3 is 2.30 bits per heavy atom. The fourth-order valence-electron chi connectivity index (χ4n) is 4.03. The minimum Gasteiger partial charge on any atom is -0.316 e. The third-order valence-corrected chi connectivity index (χ3v) is 5.46. The van der Waals surface area contributed by atoms with Crippen LogP contribution in [-0.4, -0.2) is 37.6 Å². The van der Waals surface area contributed by atoms with Gasteiger partial charge >= 0.3 is 0 Å². The van der Waals surface area contributed by atoms with E-state index in [0.29, 0.717) is 0 Å². The highest BCUT2D eigenvalue weighted by atomic mass is 15.1. The number of nitrogens with one attached hydrogen (secondary N) is 1. The monoisotopic (exact) mass is 280 g/mol. The van der Waals surface area contributed by atoms with E-state index in [4.69, 9.17) is 0 Å². The molecule has 1 saturated heterocycles. The van der Waals surface area contributed by atoms with Gasteiger partial charge in [0.15, 0.2) is 0 Å². The fourth-order valence-corrected chi connectivity index (χ4v) is 4.03. The lowest BCUT2D eigenvalue weighted by Crippen LogP contribution is -2.39. The highest BCUT2D eigenvalue weighted by Gasteiger charge is 2.36. The molecule has 118 valence electrons. The zero-order valence-electron chi connectivity index (χ0n) is 13.9. The Balaban J connectivity index is 1.45.